The highest BCUT2D eigenvalue weighted by molar-refractivity contribution is 7.20. The van der Waals surface area contributed by atoms with Gasteiger partial charge in [-0.2, -0.15) is 5.10 Å². The summed E-state index contributed by atoms with van der Waals surface area (Å²) >= 11 is 1.52. The molecule has 0 atom stereocenters. The molecule has 1 aliphatic carbocycles. The molecule has 0 unspecified atom stereocenters. The lowest BCUT2D eigenvalue weighted by molar-refractivity contribution is 0.101. The SMILES string of the molecule is CCn1nc(C)cc1C(=O)Nc1nc2c(s1)-c1cccc3cccc-2c13. The zero-order valence-corrected chi connectivity index (χ0v) is 15.2. The fraction of sp³-hybridized carbons (Fsp3) is 0.150. The van der Waals surface area contributed by atoms with Gasteiger partial charge in [-0.05, 0) is 30.7 Å². The molecule has 2 aromatic heterocycles. The lowest BCUT2D eigenvalue weighted by atomic mass is 10.0. The van der Waals surface area contributed by atoms with Crippen molar-refractivity contribution in [2.75, 3.05) is 5.32 Å². The Bertz CT molecular complexity index is 1130. The Morgan fingerprint density at radius 2 is 1.96 bits per heavy atom. The van der Waals surface area contributed by atoms with Gasteiger partial charge < -0.3 is 0 Å². The molecule has 1 aliphatic rings. The zero-order valence-electron chi connectivity index (χ0n) is 14.4. The molecule has 1 N–H and O–H groups in total. The van der Waals surface area contributed by atoms with Crippen LogP contribution in [0.3, 0.4) is 0 Å². The van der Waals surface area contributed by atoms with Crippen molar-refractivity contribution in [3.63, 3.8) is 0 Å². The number of amides is 1. The number of anilines is 1. The van der Waals surface area contributed by atoms with Crippen molar-refractivity contribution in [2.45, 2.75) is 20.4 Å². The van der Waals surface area contributed by atoms with Gasteiger partial charge in [0.05, 0.1) is 16.3 Å². The largest absolute Gasteiger partial charge is 0.296 e. The monoisotopic (exact) mass is 360 g/mol. The summed E-state index contributed by atoms with van der Waals surface area (Å²) in [7, 11) is 0. The summed E-state index contributed by atoms with van der Waals surface area (Å²) in [6.45, 7) is 4.51. The zero-order chi connectivity index (χ0) is 17.8. The normalized spacial score (nSPS) is 11.8. The predicted molar refractivity (Wildman–Crippen MR) is 105 cm³/mol. The number of nitrogens with zero attached hydrogens (tertiary/aromatic N) is 3. The van der Waals surface area contributed by atoms with Gasteiger partial charge in [-0.25, -0.2) is 4.98 Å². The Balaban J connectivity index is 1.53. The predicted octanol–water partition coefficient (Wildman–Crippen LogP) is 4.72. The van der Waals surface area contributed by atoms with E-state index in [0.29, 0.717) is 17.4 Å². The topological polar surface area (TPSA) is 59.8 Å². The Morgan fingerprint density at radius 3 is 2.73 bits per heavy atom. The fourth-order valence-corrected chi connectivity index (χ4v) is 4.60. The number of hydrogen-bond donors (Lipinski definition) is 1. The van der Waals surface area contributed by atoms with Gasteiger partial charge in [0.15, 0.2) is 5.13 Å². The molecule has 128 valence electrons. The molecule has 6 heteroatoms. The molecule has 0 saturated carbocycles. The van der Waals surface area contributed by atoms with E-state index >= 15 is 0 Å². The number of aromatic nitrogens is 3. The van der Waals surface area contributed by atoms with Gasteiger partial charge >= 0.3 is 0 Å². The number of benzene rings is 2. The molecule has 0 fully saturated rings. The molecule has 2 aromatic carbocycles. The third kappa shape index (κ3) is 2.12. The first-order valence-corrected chi connectivity index (χ1v) is 9.36. The summed E-state index contributed by atoms with van der Waals surface area (Å²) < 4.78 is 1.71. The number of carbonyl (C=O) groups is 1. The third-order valence-corrected chi connectivity index (χ3v) is 5.69. The lowest BCUT2D eigenvalue weighted by Gasteiger charge is -2.05. The Hall–Kier alpha value is -2.99. The number of carbonyl (C=O) groups excluding carboxylic acids is 1. The van der Waals surface area contributed by atoms with Crippen molar-refractivity contribution < 1.29 is 4.79 Å². The van der Waals surface area contributed by atoms with Gasteiger partial charge in [-0.15, -0.1) is 0 Å². The maximum absolute atomic E-state index is 12.7. The lowest BCUT2D eigenvalue weighted by Crippen LogP contribution is -2.17. The summed E-state index contributed by atoms with van der Waals surface area (Å²) in [6, 6.07) is 14.4. The Morgan fingerprint density at radius 1 is 1.19 bits per heavy atom. The van der Waals surface area contributed by atoms with E-state index in [-0.39, 0.29) is 5.91 Å². The van der Waals surface area contributed by atoms with Crippen molar-refractivity contribution in [1.82, 2.24) is 14.8 Å². The van der Waals surface area contributed by atoms with Crippen LogP contribution in [0.2, 0.25) is 0 Å². The first-order chi connectivity index (χ1) is 12.7. The molecule has 0 saturated heterocycles. The van der Waals surface area contributed by atoms with Gasteiger partial charge in [-0.1, -0.05) is 47.7 Å². The summed E-state index contributed by atoms with van der Waals surface area (Å²) in [5.41, 5.74) is 4.68. The van der Waals surface area contributed by atoms with Crippen LogP contribution >= 0.6 is 11.3 Å². The minimum atomic E-state index is -0.175. The molecule has 2 heterocycles. The van der Waals surface area contributed by atoms with Gasteiger partial charge in [0.1, 0.15) is 5.69 Å². The molecule has 1 amide bonds. The average molecular weight is 360 g/mol. The van der Waals surface area contributed by atoms with Crippen LogP contribution in [0.15, 0.2) is 42.5 Å². The third-order valence-electron chi connectivity index (χ3n) is 4.69. The summed E-state index contributed by atoms with van der Waals surface area (Å²) in [5, 5.41) is 10.4. The Kier molecular flexibility index (Phi) is 3.24. The molecular weight excluding hydrogens is 344 g/mol. The van der Waals surface area contributed by atoms with Crippen molar-refractivity contribution in [3.8, 4) is 21.7 Å². The number of rotatable bonds is 3. The van der Waals surface area contributed by atoms with Crippen molar-refractivity contribution in [1.29, 1.82) is 0 Å². The summed E-state index contributed by atoms with van der Waals surface area (Å²) in [5.74, 6) is -0.175. The van der Waals surface area contributed by atoms with Crippen molar-refractivity contribution in [2.24, 2.45) is 0 Å². The molecule has 5 nitrogen and oxygen atoms in total. The highest BCUT2D eigenvalue weighted by Crippen LogP contribution is 2.50. The number of fused-ring (bicyclic) bond motifs is 3. The van der Waals surface area contributed by atoms with Crippen molar-refractivity contribution in [3.05, 3.63) is 53.9 Å². The highest BCUT2D eigenvalue weighted by Gasteiger charge is 2.26. The van der Waals surface area contributed by atoms with Crippen LogP contribution in [0.5, 0.6) is 0 Å². The van der Waals surface area contributed by atoms with Crippen LogP contribution in [-0.4, -0.2) is 20.7 Å². The molecule has 0 aliphatic heterocycles. The van der Waals surface area contributed by atoms with E-state index in [1.807, 2.05) is 13.8 Å². The van der Waals surface area contributed by atoms with Gasteiger partial charge in [-0.3, -0.25) is 14.8 Å². The fourth-order valence-electron chi connectivity index (χ4n) is 3.60. The first-order valence-electron chi connectivity index (χ1n) is 8.55. The highest BCUT2D eigenvalue weighted by atomic mass is 32.1. The van der Waals surface area contributed by atoms with E-state index in [1.54, 1.807) is 10.7 Å². The molecule has 0 radical (unpaired) electrons. The van der Waals surface area contributed by atoms with Crippen LogP contribution in [0.4, 0.5) is 5.13 Å². The maximum Gasteiger partial charge on any atom is 0.275 e. The van der Waals surface area contributed by atoms with E-state index in [2.05, 4.69) is 46.8 Å². The maximum atomic E-state index is 12.7. The smallest absolute Gasteiger partial charge is 0.275 e. The van der Waals surface area contributed by atoms with E-state index in [0.717, 1.165) is 21.8 Å². The molecule has 0 spiro atoms. The Labute approximate surface area is 154 Å². The number of aryl methyl sites for hydroxylation is 2. The number of nitrogens with one attached hydrogen (secondary N) is 1. The molecular formula is C20H16N4OS. The van der Waals surface area contributed by atoms with E-state index in [1.165, 1.54) is 27.7 Å². The van der Waals surface area contributed by atoms with Gasteiger partial charge in [0, 0.05) is 17.7 Å². The van der Waals surface area contributed by atoms with E-state index in [9.17, 15) is 4.79 Å². The van der Waals surface area contributed by atoms with E-state index < -0.39 is 0 Å². The number of thiazole rings is 1. The number of hydrogen-bond acceptors (Lipinski definition) is 4. The molecule has 0 bridgehead atoms. The second kappa shape index (κ2) is 5.51. The summed E-state index contributed by atoms with van der Waals surface area (Å²) in [4.78, 5) is 18.5. The second-order valence-electron chi connectivity index (χ2n) is 6.35. The average Bonchev–Trinajstić information content (AvgIpc) is 3.30. The van der Waals surface area contributed by atoms with Crippen LogP contribution in [-0.2, 0) is 6.54 Å². The second-order valence-corrected chi connectivity index (χ2v) is 7.35. The minimum Gasteiger partial charge on any atom is -0.296 e. The summed E-state index contributed by atoms with van der Waals surface area (Å²) in [6.07, 6.45) is 0. The minimum absolute atomic E-state index is 0.175. The van der Waals surface area contributed by atoms with Crippen LogP contribution in [0.1, 0.15) is 23.1 Å². The van der Waals surface area contributed by atoms with Crippen LogP contribution in [0.25, 0.3) is 32.5 Å². The molecule has 5 rings (SSSR count). The molecule has 4 aromatic rings. The first kappa shape index (κ1) is 15.3. The molecule has 26 heavy (non-hydrogen) atoms. The van der Waals surface area contributed by atoms with Gasteiger partial charge in [0.25, 0.3) is 5.91 Å². The van der Waals surface area contributed by atoms with E-state index in [4.69, 9.17) is 4.98 Å². The quantitative estimate of drug-likeness (QED) is 0.506. The van der Waals surface area contributed by atoms with Gasteiger partial charge in [0.2, 0.25) is 0 Å². The van der Waals surface area contributed by atoms with Crippen LogP contribution in [0, 0.1) is 6.92 Å². The standard InChI is InChI=1S/C20H16N4OS/c1-3-24-15(10-11(2)23-24)19(25)22-20-21-17-13-8-4-6-12-7-5-9-14(16(12)13)18(17)26-20/h4-10H,3H2,1-2H3,(H,21,22,25). The van der Waals surface area contributed by atoms with Crippen molar-refractivity contribution >= 4 is 33.1 Å². The van der Waals surface area contributed by atoms with Crippen LogP contribution < -0.4 is 5.32 Å².